The number of aromatic nitrogens is 2. The molecule has 2 heterocycles. The molecule has 0 bridgehead atoms. The van der Waals surface area contributed by atoms with Gasteiger partial charge in [0.05, 0.1) is 0 Å². The van der Waals surface area contributed by atoms with Crippen molar-refractivity contribution in [2.24, 2.45) is 0 Å². The standard InChI is InChI=1S/C14H11ClN2OS/c1-9-4-2-3-5-11(9)18-8-12-16-13(15)10-6-7-19-14(10)17-12/h2-7H,8H2,1H3. The Bertz CT molecular complexity index is 726. The molecular formula is C14H11ClN2OS. The lowest BCUT2D eigenvalue weighted by Gasteiger charge is -2.08. The van der Waals surface area contributed by atoms with E-state index in [0.717, 1.165) is 21.5 Å². The van der Waals surface area contributed by atoms with Gasteiger partial charge in [0.15, 0.2) is 5.82 Å². The average molecular weight is 291 g/mol. The Balaban J connectivity index is 1.84. The van der Waals surface area contributed by atoms with Gasteiger partial charge in [0.25, 0.3) is 0 Å². The van der Waals surface area contributed by atoms with Gasteiger partial charge in [-0.05, 0) is 30.0 Å². The number of nitrogens with zero attached hydrogens (tertiary/aromatic N) is 2. The zero-order valence-corrected chi connectivity index (χ0v) is 11.8. The van der Waals surface area contributed by atoms with Gasteiger partial charge in [-0.3, -0.25) is 0 Å². The van der Waals surface area contributed by atoms with Crippen molar-refractivity contribution in [3.05, 3.63) is 52.3 Å². The number of ether oxygens (including phenoxy) is 1. The van der Waals surface area contributed by atoms with Crippen LogP contribution in [0, 0.1) is 6.92 Å². The summed E-state index contributed by atoms with van der Waals surface area (Å²) in [6.07, 6.45) is 0. The van der Waals surface area contributed by atoms with Gasteiger partial charge in [-0.2, -0.15) is 0 Å². The molecule has 0 amide bonds. The van der Waals surface area contributed by atoms with Crippen LogP contribution >= 0.6 is 22.9 Å². The predicted octanol–water partition coefficient (Wildman–Crippen LogP) is 4.23. The first-order chi connectivity index (χ1) is 9.24. The van der Waals surface area contributed by atoms with Gasteiger partial charge in [-0.15, -0.1) is 11.3 Å². The Morgan fingerprint density at radius 2 is 2.05 bits per heavy atom. The molecule has 96 valence electrons. The second kappa shape index (κ2) is 5.15. The van der Waals surface area contributed by atoms with Crippen molar-refractivity contribution in [2.45, 2.75) is 13.5 Å². The third-order valence-electron chi connectivity index (χ3n) is 2.78. The molecule has 0 fully saturated rings. The van der Waals surface area contributed by atoms with Crippen molar-refractivity contribution in [1.29, 1.82) is 0 Å². The summed E-state index contributed by atoms with van der Waals surface area (Å²) in [6.45, 7) is 2.32. The van der Waals surface area contributed by atoms with E-state index < -0.39 is 0 Å². The number of aryl methyl sites for hydroxylation is 1. The lowest BCUT2D eigenvalue weighted by Crippen LogP contribution is -2.02. The van der Waals surface area contributed by atoms with Crippen LogP contribution in [-0.2, 0) is 6.61 Å². The number of halogens is 1. The van der Waals surface area contributed by atoms with E-state index in [9.17, 15) is 0 Å². The summed E-state index contributed by atoms with van der Waals surface area (Å²) >= 11 is 7.67. The number of para-hydroxylation sites is 1. The second-order valence-electron chi connectivity index (χ2n) is 4.12. The lowest BCUT2D eigenvalue weighted by atomic mass is 10.2. The smallest absolute Gasteiger partial charge is 0.169 e. The van der Waals surface area contributed by atoms with Crippen LogP contribution in [0.25, 0.3) is 10.2 Å². The fraction of sp³-hybridized carbons (Fsp3) is 0.143. The van der Waals surface area contributed by atoms with Gasteiger partial charge in [0.2, 0.25) is 0 Å². The second-order valence-corrected chi connectivity index (χ2v) is 5.38. The molecule has 0 radical (unpaired) electrons. The lowest BCUT2D eigenvalue weighted by molar-refractivity contribution is 0.294. The first-order valence-corrected chi connectivity index (χ1v) is 7.08. The summed E-state index contributed by atoms with van der Waals surface area (Å²) in [5, 5.41) is 3.33. The average Bonchev–Trinajstić information content (AvgIpc) is 2.87. The minimum atomic E-state index is 0.318. The molecule has 5 heteroatoms. The van der Waals surface area contributed by atoms with E-state index in [4.69, 9.17) is 16.3 Å². The highest BCUT2D eigenvalue weighted by atomic mass is 35.5. The van der Waals surface area contributed by atoms with Gasteiger partial charge < -0.3 is 4.74 Å². The SMILES string of the molecule is Cc1ccccc1OCc1nc(Cl)c2ccsc2n1. The first-order valence-electron chi connectivity index (χ1n) is 5.82. The highest BCUT2D eigenvalue weighted by molar-refractivity contribution is 7.16. The molecule has 0 unspecified atom stereocenters. The zero-order valence-electron chi connectivity index (χ0n) is 10.3. The Morgan fingerprint density at radius 1 is 1.21 bits per heavy atom. The van der Waals surface area contributed by atoms with Crippen LogP contribution in [0.5, 0.6) is 5.75 Å². The monoisotopic (exact) mass is 290 g/mol. The number of thiophene rings is 1. The Kier molecular flexibility index (Phi) is 3.36. The third kappa shape index (κ3) is 2.55. The molecular weight excluding hydrogens is 280 g/mol. The Hall–Kier alpha value is -1.65. The van der Waals surface area contributed by atoms with Crippen molar-refractivity contribution in [1.82, 2.24) is 9.97 Å². The molecule has 0 aliphatic carbocycles. The normalized spacial score (nSPS) is 10.8. The van der Waals surface area contributed by atoms with Crippen LogP contribution in [-0.4, -0.2) is 9.97 Å². The molecule has 0 saturated heterocycles. The van der Waals surface area contributed by atoms with E-state index in [2.05, 4.69) is 9.97 Å². The number of hydrogen-bond donors (Lipinski definition) is 0. The maximum Gasteiger partial charge on any atom is 0.169 e. The summed E-state index contributed by atoms with van der Waals surface area (Å²) in [6, 6.07) is 9.78. The summed E-state index contributed by atoms with van der Waals surface area (Å²) in [5.74, 6) is 1.44. The highest BCUT2D eigenvalue weighted by Gasteiger charge is 2.08. The molecule has 3 rings (SSSR count). The molecule has 2 aromatic heterocycles. The van der Waals surface area contributed by atoms with Crippen LogP contribution in [0.15, 0.2) is 35.7 Å². The van der Waals surface area contributed by atoms with E-state index in [0.29, 0.717) is 17.6 Å². The molecule has 1 aromatic carbocycles. The zero-order chi connectivity index (χ0) is 13.2. The number of rotatable bonds is 3. The molecule has 19 heavy (non-hydrogen) atoms. The molecule has 0 spiro atoms. The minimum Gasteiger partial charge on any atom is -0.485 e. The summed E-state index contributed by atoms with van der Waals surface area (Å²) < 4.78 is 5.72. The van der Waals surface area contributed by atoms with Crippen LogP contribution in [0.1, 0.15) is 11.4 Å². The highest BCUT2D eigenvalue weighted by Crippen LogP contribution is 2.25. The molecule has 0 aliphatic heterocycles. The van der Waals surface area contributed by atoms with Crippen molar-refractivity contribution in [3.63, 3.8) is 0 Å². The fourth-order valence-electron chi connectivity index (χ4n) is 1.79. The molecule has 0 saturated carbocycles. The van der Waals surface area contributed by atoms with Gasteiger partial charge in [0.1, 0.15) is 22.3 Å². The largest absolute Gasteiger partial charge is 0.485 e. The van der Waals surface area contributed by atoms with Gasteiger partial charge in [-0.1, -0.05) is 29.8 Å². The Labute approximate surface area is 119 Å². The van der Waals surface area contributed by atoms with Gasteiger partial charge in [-0.25, -0.2) is 9.97 Å². The molecule has 3 aromatic rings. The summed E-state index contributed by atoms with van der Waals surface area (Å²) in [4.78, 5) is 9.59. The van der Waals surface area contributed by atoms with Crippen LogP contribution < -0.4 is 4.74 Å². The van der Waals surface area contributed by atoms with Gasteiger partial charge in [0, 0.05) is 5.39 Å². The molecule has 0 aliphatic rings. The van der Waals surface area contributed by atoms with E-state index in [-0.39, 0.29) is 0 Å². The van der Waals surface area contributed by atoms with E-state index >= 15 is 0 Å². The fourth-order valence-corrected chi connectivity index (χ4v) is 2.87. The number of hydrogen-bond acceptors (Lipinski definition) is 4. The Morgan fingerprint density at radius 3 is 2.89 bits per heavy atom. The van der Waals surface area contributed by atoms with Crippen LogP contribution in [0.2, 0.25) is 5.15 Å². The van der Waals surface area contributed by atoms with Crippen LogP contribution in [0.3, 0.4) is 0 Å². The maximum atomic E-state index is 6.12. The summed E-state index contributed by atoms with van der Waals surface area (Å²) in [5.41, 5.74) is 1.09. The van der Waals surface area contributed by atoms with Crippen molar-refractivity contribution in [3.8, 4) is 5.75 Å². The van der Waals surface area contributed by atoms with Crippen molar-refractivity contribution in [2.75, 3.05) is 0 Å². The molecule has 0 atom stereocenters. The summed E-state index contributed by atoms with van der Waals surface area (Å²) in [7, 11) is 0. The van der Waals surface area contributed by atoms with E-state index in [1.54, 1.807) is 11.3 Å². The number of fused-ring (bicyclic) bond motifs is 1. The molecule has 0 N–H and O–H groups in total. The predicted molar refractivity (Wildman–Crippen MR) is 77.9 cm³/mol. The van der Waals surface area contributed by atoms with Crippen molar-refractivity contribution < 1.29 is 4.74 Å². The van der Waals surface area contributed by atoms with Crippen molar-refractivity contribution >= 4 is 33.2 Å². The number of benzene rings is 1. The first kappa shape index (κ1) is 12.4. The third-order valence-corrected chi connectivity index (χ3v) is 3.87. The van der Waals surface area contributed by atoms with E-state index in [1.807, 2.05) is 42.6 Å². The van der Waals surface area contributed by atoms with E-state index in [1.165, 1.54) is 0 Å². The van der Waals surface area contributed by atoms with Crippen LogP contribution in [0.4, 0.5) is 0 Å². The minimum absolute atomic E-state index is 0.318. The van der Waals surface area contributed by atoms with Gasteiger partial charge >= 0.3 is 0 Å². The molecule has 3 nitrogen and oxygen atoms in total. The topological polar surface area (TPSA) is 35.0 Å². The quantitative estimate of drug-likeness (QED) is 0.677. The maximum absolute atomic E-state index is 6.12.